The Morgan fingerprint density at radius 3 is 2.77 bits per heavy atom. The molecule has 158 valence electrons. The number of ether oxygens (including phenoxy) is 1. The molecule has 31 heavy (non-hydrogen) atoms. The first kappa shape index (κ1) is 21.5. The topological polar surface area (TPSA) is 69.0 Å². The van der Waals surface area contributed by atoms with Gasteiger partial charge in [0.25, 0.3) is 0 Å². The number of rotatable bonds is 7. The standard InChI is InChI=1S/C22H18Cl2N4O2S/c1-28-20(12-30-19-8-4-6-14-5-2-3-7-16(14)19)26-27-22(28)31-13-21(29)25-18-11-15(23)9-10-17(18)24/h2-11H,12-13H2,1H3,(H,25,29). The SMILES string of the molecule is Cn1c(COc2cccc3ccccc23)nnc1SCC(=O)Nc1cc(Cl)ccc1Cl. The largest absolute Gasteiger partial charge is 0.485 e. The Kier molecular flexibility index (Phi) is 6.65. The Bertz CT molecular complexity index is 1240. The van der Waals surface area contributed by atoms with Crippen LogP contribution in [0.5, 0.6) is 5.75 Å². The van der Waals surface area contributed by atoms with E-state index in [1.54, 1.807) is 18.2 Å². The smallest absolute Gasteiger partial charge is 0.234 e. The van der Waals surface area contributed by atoms with Gasteiger partial charge in [-0.1, -0.05) is 71.4 Å². The number of nitrogens with one attached hydrogen (secondary N) is 1. The number of hydrogen-bond donors (Lipinski definition) is 1. The number of fused-ring (bicyclic) bond motifs is 1. The maximum absolute atomic E-state index is 12.3. The molecular weight excluding hydrogens is 455 g/mol. The fourth-order valence-corrected chi connectivity index (χ4v) is 4.04. The first-order valence-corrected chi connectivity index (χ1v) is 11.1. The van der Waals surface area contributed by atoms with Crippen molar-refractivity contribution in [2.75, 3.05) is 11.1 Å². The van der Waals surface area contributed by atoms with Crippen LogP contribution >= 0.6 is 35.0 Å². The Hall–Kier alpha value is -2.74. The molecule has 1 amide bonds. The Morgan fingerprint density at radius 2 is 1.90 bits per heavy atom. The summed E-state index contributed by atoms with van der Waals surface area (Å²) in [6.07, 6.45) is 0. The fraction of sp³-hybridized carbons (Fsp3) is 0.136. The van der Waals surface area contributed by atoms with Crippen molar-refractivity contribution in [2.45, 2.75) is 11.8 Å². The molecule has 0 aliphatic rings. The highest BCUT2D eigenvalue weighted by molar-refractivity contribution is 7.99. The van der Waals surface area contributed by atoms with Crippen molar-refractivity contribution in [1.82, 2.24) is 14.8 Å². The van der Waals surface area contributed by atoms with Crippen LogP contribution in [0.2, 0.25) is 10.0 Å². The number of aromatic nitrogens is 3. The third-order valence-electron chi connectivity index (χ3n) is 4.57. The van der Waals surface area contributed by atoms with Crippen LogP contribution in [0.15, 0.2) is 65.8 Å². The van der Waals surface area contributed by atoms with Gasteiger partial charge in [-0.3, -0.25) is 4.79 Å². The molecule has 0 fully saturated rings. The van der Waals surface area contributed by atoms with Gasteiger partial charge in [-0.25, -0.2) is 0 Å². The monoisotopic (exact) mass is 472 g/mol. The maximum Gasteiger partial charge on any atom is 0.234 e. The van der Waals surface area contributed by atoms with Crippen LogP contribution in [0.25, 0.3) is 10.8 Å². The van der Waals surface area contributed by atoms with Gasteiger partial charge in [0, 0.05) is 17.5 Å². The zero-order valence-electron chi connectivity index (χ0n) is 16.5. The third-order valence-corrected chi connectivity index (χ3v) is 6.15. The third kappa shape index (κ3) is 5.12. The molecule has 0 saturated heterocycles. The average Bonchev–Trinajstić information content (AvgIpc) is 3.12. The summed E-state index contributed by atoms with van der Waals surface area (Å²) in [6.45, 7) is 0.266. The first-order chi connectivity index (χ1) is 15.0. The molecule has 4 aromatic rings. The quantitative estimate of drug-likeness (QED) is 0.355. The second-order valence-electron chi connectivity index (χ2n) is 6.68. The predicted octanol–water partition coefficient (Wildman–Crippen LogP) is 5.58. The van der Waals surface area contributed by atoms with Gasteiger partial charge in [-0.15, -0.1) is 10.2 Å². The number of carbonyl (C=O) groups excluding carboxylic acids is 1. The summed E-state index contributed by atoms with van der Waals surface area (Å²) in [7, 11) is 1.84. The molecule has 1 N–H and O–H groups in total. The fourth-order valence-electron chi connectivity index (χ4n) is 2.97. The van der Waals surface area contributed by atoms with E-state index in [9.17, 15) is 4.79 Å². The molecule has 0 bridgehead atoms. The zero-order chi connectivity index (χ0) is 21.8. The van der Waals surface area contributed by atoms with E-state index in [0.717, 1.165) is 16.5 Å². The lowest BCUT2D eigenvalue weighted by Gasteiger charge is -2.09. The molecule has 0 aliphatic heterocycles. The molecule has 0 saturated carbocycles. The van der Waals surface area contributed by atoms with Crippen molar-refractivity contribution in [3.8, 4) is 5.75 Å². The van der Waals surface area contributed by atoms with E-state index in [2.05, 4.69) is 15.5 Å². The zero-order valence-corrected chi connectivity index (χ0v) is 18.8. The summed E-state index contributed by atoms with van der Waals surface area (Å²) in [5.74, 6) is 1.38. The van der Waals surface area contributed by atoms with Crippen LogP contribution < -0.4 is 10.1 Å². The van der Waals surface area contributed by atoms with Gasteiger partial charge in [0.1, 0.15) is 12.4 Å². The Labute approximate surface area is 193 Å². The molecule has 6 nitrogen and oxygen atoms in total. The molecule has 1 heterocycles. The second-order valence-corrected chi connectivity index (χ2v) is 8.47. The molecule has 0 aliphatic carbocycles. The number of halogens is 2. The molecule has 3 aromatic carbocycles. The Morgan fingerprint density at radius 1 is 1.10 bits per heavy atom. The van der Waals surface area contributed by atoms with Crippen LogP contribution in [-0.2, 0) is 18.4 Å². The van der Waals surface area contributed by atoms with Gasteiger partial charge in [-0.05, 0) is 29.7 Å². The maximum atomic E-state index is 12.3. The van der Waals surface area contributed by atoms with E-state index in [0.29, 0.717) is 26.7 Å². The molecular formula is C22H18Cl2N4O2S. The molecule has 4 rings (SSSR count). The summed E-state index contributed by atoms with van der Waals surface area (Å²) < 4.78 is 7.80. The van der Waals surface area contributed by atoms with Crippen molar-refractivity contribution in [1.29, 1.82) is 0 Å². The van der Waals surface area contributed by atoms with Gasteiger partial charge >= 0.3 is 0 Å². The van der Waals surface area contributed by atoms with Crippen molar-refractivity contribution in [3.05, 3.63) is 76.5 Å². The molecule has 0 unspecified atom stereocenters. The minimum absolute atomic E-state index is 0.152. The lowest BCUT2D eigenvalue weighted by Crippen LogP contribution is -2.15. The van der Waals surface area contributed by atoms with E-state index in [4.69, 9.17) is 27.9 Å². The summed E-state index contributed by atoms with van der Waals surface area (Å²) in [6, 6.07) is 18.9. The van der Waals surface area contributed by atoms with Crippen molar-refractivity contribution < 1.29 is 9.53 Å². The lowest BCUT2D eigenvalue weighted by molar-refractivity contribution is -0.113. The highest BCUT2D eigenvalue weighted by Crippen LogP contribution is 2.27. The van der Waals surface area contributed by atoms with E-state index < -0.39 is 0 Å². The van der Waals surface area contributed by atoms with Crippen LogP contribution in [0.1, 0.15) is 5.82 Å². The van der Waals surface area contributed by atoms with E-state index in [1.807, 2.05) is 54.1 Å². The van der Waals surface area contributed by atoms with E-state index >= 15 is 0 Å². The number of benzene rings is 3. The number of thioether (sulfide) groups is 1. The number of amides is 1. The minimum atomic E-state index is -0.217. The Balaban J connectivity index is 1.37. The van der Waals surface area contributed by atoms with Gasteiger partial charge < -0.3 is 14.6 Å². The van der Waals surface area contributed by atoms with Gasteiger partial charge in [0.05, 0.1) is 16.5 Å². The highest BCUT2D eigenvalue weighted by atomic mass is 35.5. The predicted molar refractivity (Wildman–Crippen MR) is 125 cm³/mol. The molecule has 0 spiro atoms. The lowest BCUT2D eigenvalue weighted by atomic mass is 10.1. The summed E-state index contributed by atoms with van der Waals surface area (Å²) >= 11 is 13.3. The number of hydrogen-bond acceptors (Lipinski definition) is 5. The van der Waals surface area contributed by atoms with E-state index in [1.165, 1.54) is 11.8 Å². The van der Waals surface area contributed by atoms with Gasteiger partial charge in [-0.2, -0.15) is 0 Å². The van der Waals surface area contributed by atoms with Crippen LogP contribution in [0, 0.1) is 0 Å². The second kappa shape index (κ2) is 9.60. The number of carbonyl (C=O) groups is 1. The first-order valence-electron chi connectivity index (χ1n) is 9.38. The van der Waals surface area contributed by atoms with Gasteiger partial charge in [0.15, 0.2) is 11.0 Å². The van der Waals surface area contributed by atoms with E-state index in [-0.39, 0.29) is 18.3 Å². The molecule has 0 radical (unpaired) electrons. The van der Waals surface area contributed by atoms with Crippen molar-refractivity contribution in [2.24, 2.45) is 7.05 Å². The average molecular weight is 473 g/mol. The molecule has 0 atom stereocenters. The normalized spacial score (nSPS) is 10.9. The van der Waals surface area contributed by atoms with Crippen molar-refractivity contribution >= 4 is 57.3 Å². The van der Waals surface area contributed by atoms with Crippen LogP contribution in [0.4, 0.5) is 5.69 Å². The summed E-state index contributed by atoms with van der Waals surface area (Å²) in [5.41, 5.74) is 0.474. The van der Waals surface area contributed by atoms with Crippen molar-refractivity contribution in [3.63, 3.8) is 0 Å². The number of anilines is 1. The molecule has 1 aromatic heterocycles. The number of nitrogens with zero attached hydrogens (tertiary/aromatic N) is 3. The highest BCUT2D eigenvalue weighted by Gasteiger charge is 2.13. The van der Waals surface area contributed by atoms with Crippen LogP contribution in [0.3, 0.4) is 0 Å². The van der Waals surface area contributed by atoms with Crippen LogP contribution in [-0.4, -0.2) is 26.4 Å². The summed E-state index contributed by atoms with van der Waals surface area (Å²) in [4.78, 5) is 12.3. The summed E-state index contributed by atoms with van der Waals surface area (Å²) in [5, 5.41) is 14.8. The minimum Gasteiger partial charge on any atom is -0.485 e. The van der Waals surface area contributed by atoms with Gasteiger partial charge in [0.2, 0.25) is 5.91 Å². The molecule has 9 heteroatoms.